The van der Waals surface area contributed by atoms with E-state index in [1.54, 1.807) is 4.90 Å². The van der Waals surface area contributed by atoms with E-state index in [0.29, 0.717) is 12.4 Å². The van der Waals surface area contributed by atoms with E-state index in [1.807, 2.05) is 39.0 Å². The van der Waals surface area contributed by atoms with Crippen LogP contribution >= 0.6 is 0 Å². The van der Waals surface area contributed by atoms with Gasteiger partial charge in [-0.2, -0.15) is 5.21 Å². The molecule has 0 aliphatic carbocycles. The Kier molecular flexibility index (Phi) is 4.02. The lowest BCUT2D eigenvalue weighted by atomic mass is 9.96. The molecule has 1 aromatic heterocycles. The number of nitrogens with one attached hydrogen (secondary N) is 1. The van der Waals surface area contributed by atoms with Crippen LogP contribution in [-0.2, 0) is 4.74 Å². The normalized spacial score (nSPS) is 21.4. The van der Waals surface area contributed by atoms with Gasteiger partial charge in [0.05, 0.1) is 6.04 Å². The predicted octanol–water partition coefficient (Wildman–Crippen LogP) is 2.67. The topological polar surface area (TPSA) is 84.0 Å². The van der Waals surface area contributed by atoms with Crippen LogP contribution in [0.4, 0.5) is 4.79 Å². The third-order valence-electron chi connectivity index (χ3n) is 3.86. The molecular weight excluding hydrogens is 294 g/mol. The summed E-state index contributed by atoms with van der Waals surface area (Å²) >= 11 is 0. The van der Waals surface area contributed by atoms with Gasteiger partial charge in [0.15, 0.2) is 5.82 Å². The summed E-state index contributed by atoms with van der Waals surface area (Å²) in [6.45, 7) is 6.16. The monoisotopic (exact) mass is 315 g/mol. The number of ether oxygens (including phenoxy) is 1. The van der Waals surface area contributed by atoms with Crippen LogP contribution in [0, 0.1) is 0 Å². The van der Waals surface area contributed by atoms with Gasteiger partial charge in [-0.3, -0.25) is 4.90 Å². The number of aromatic amines is 1. The molecule has 0 bridgehead atoms. The lowest BCUT2D eigenvalue weighted by molar-refractivity contribution is 0.0216. The van der Waals surface area contributed by atoms with Gasteiger partial charge in [-0.15, -0.1) is 10.2 Å². The number of carbonyl (C=O) groups excluding carboxylic acids is 1. The Labute approximate surface area is 135 Å². The summed E-state index contributed by atoms with van der Waals surface area (Å²) in [5.41, 5.74) is 0.663. The van der Waals surface area contributed by atoms with Crippen LogP contribution in [-0.4, -0.2) is 43.8 Å². The molecule has 23 heavy (non-hydrogen) atoms. The number of amides is 1. The number of nitrogens with zero attached hydrogens (tertiary/aromatic N) is 4. The highest BCUT2D eigenvalue weighted by Gasteiger charge is 2.40. The van der Waals surface area contributed by atoms with E-state index in [9.17, 15) is 4.79 Å². The summed E-state index contributed by atoms with van der Waals surface area (Å²) in [5.74, 6) is 0.751. The van der Waals surface area contributed by atoms with Crippen LogP contribution in [0.15, 0.2) is 30.3 Å². The first kappa shape index (κ1) is 15.5. The number of hydrogen-bond donors (Lipinski definition) is 1. The first-order chi connectivity index (χ1) is 10.9. The summed E-state index contributed by atoms with van der Waals surface area (Å²) in [6.07, 6.45) is 0.411. The zero-order valence-corrected chi connectivity index (χ0v) is 13.6. The summed E-state index contributed by atoms with van der Waals surface area (Å²) in [6, 6.07) is 9.94. The number of aromatic nitrogens is 4. The van der Waals surface area contributed by atoms with Gasteiger partial charge in [-0.25, -0.2) is 4.79 Å². The molecule has 7 heteroatoms. The molecule has 1 amide bonds. The fraction of sp³-hybridized carbons (Fsp3) is 0.500. The summed E-state index contributed by atoms with van der Waals surface area (Å²) in [4.78, 5) is 14.3. The van der Waals surface area contributed by atoms with Crippen LogP contribution < -0.4 is 0 Å². The SMILES string of the molecule is CC(C)(C)OC(=O)N1CC(c2ccccc2)CC1c1nn[nH]n1. The van der Waals surface area contributed by atoms with E-state index in [2.05, 4.69) is 32.8 Å². The number of carbonyl (C=O) groups is 1. The van der Waals surface area contributed by atoms with Gasteiger partial charge >= 0.3 is 6.09 Å². The molecule has 2 unspecified atom stereocenters. The average Bonchev–Trinajstić information content (AvgIpc) is 3.15. The molecule has 122 valence electrons. The Morgan fingerprint density at radius 3 is 2.65 bits per heavy atom. The van der Waals surface area contributed by atoms with E-state index in [4.69, 9.17) is 4.74 Å². The van der Waals surface area contributed by atoms with Gasteiger partial charge in [0.2, 0.25) is 0 Å². The Balaban J connectivity index is 1.84. The summed E-state index contributed by atoms with van der Waals surface area (Å²) in [5, 5.41) is 14.2. The molecule has 3 rings (SSSR count). The molecule has 2 atom stereocenters. The quantitative estimate of drug-likeness (QED) is 0.921. The van der Waals surface area contributed by atoms with E-state index < -0.39 is 5.60 Å². The van der Waals surface area contributed by atoms with Crippen molar-refractivity contribution in [1.82, 2.24) is 25.5 Å². The number of tetrazole rings is 1. The van der Waals surface area contributed by atoms with Crippen molar-refractivity contribution in [2.24, 2.45) is 0 Å². The Bertz CT molecular complexity index is 651. The molecule has 2 aromatic rings. The van der Waals surface area contributed by atoms with Crippen molar-refractivity contribution in [1.29, 1.82) is 0 Å². The van der Waals surface area contributed by atoms with Gasteiger partial charge in [-0.05, 0) is 32.8 Å². The molecule has 1 aromatic carbocycles. The molecule has 0 radical (unpaired) electrons. The molecule has 1 fully saturated rings. The van der Waals surface area contributed by atoms with Crippen molar-refractivity contribution < 1.29 is 9.53 Å². The Morgan fingerprint density at radius 1 is 1.30 bits per heavy atom. The van der Waals surface area contributed by atoms with Crippen LogP contribution in [0.5, 0.6) is 0 Å². The van der Waals surface area contributed by atoms with Gasteiger partial charge in [0.25, 0.3) is 0 Å². The molecule has 1 N–H and O–H groups in total. The number of rotatable bonds is 2. The number of benzene rings is 1. The van der Waals surface area contributed by atoms with Crippen molar-refractivity contribution in [3.63, 3.8) is 0 Å². The first-order valence-electron chi connectivity index (χ1n) is 7.72. The molecule has 0 spiro atoms. The largest absolute Gasteiger partial charge is 0.444 e. The highest BCUT2D eigenvalue weighted by Crippen LogP contribution is 2.39. The van der Waals surface area contributed by atoms with Gasteiger partial charge in [0, 0.05) is 12.5 Å². The Morgan fingerprint density at radius 2 is 2.04 bits per heavy atom. The molecule has 7 nitrogen and oxygen atoms in total. The minimum Gasteiger partial charge on any atom is -0.444 e. The van der Waals surface area contributed by atoms with Crippen molar-refractivity contribution in [2.75, 3.05) is 6.54 Å². The van der Waals surface area contributed by atoms with Crippen LogP contribution in [0.1, 0.15) is 50.5 Å². The second-order valence-electron chi connectivity index (χ2n) is 6.76. The number of H-pyrrole nitrogens is 1. The fourth-order valence-corrected chi connectivity index (χ4v) is 2.88. The molecule has 1 saturated heterocycles. The minimum absolute atomic E-state index is 0.228. The van der Waals surface area contributed by atoms with Crippen molar-refractivity contribution in [2.45, 2.75) is 44.8 Å². The van der Waals surface area contributed by atoms with Crippen molar-refractivity contribution in [3.05, 3.63) is 41.7 Å². The van der Waals surface area contributed by atoms with E-state index >= 15 is 0 Å². The number of likely N-dealkylation sites (tertiary alicyclic amines) is 1. The van der Waals surface area contributed by atoms with E-state index in [-0.39, 0.29) is 18.1 Å². The van der Waals surface area contributed by atoms with Crippen molar-refractivity contribution >= 4 is 6.09 Å². The molecule has 1 aliphatic rings. The highest BCUT2D eigenvalue weighted by atomic mass is 16.6. The standard InChI is InChI=1S/C16H21N5O2/c1-16(2,3)23-15(22)21-10-12(11-7-5-4-6-8-11)9-13(21)14-17-19-20-18-14/h4-8,12-13H,9-10H2,1-3H3,(H,17,18,19,20). The maximum atomic E-state index is 12.6. The average molecular weight is 315 g/mol. The Hall–Kier alpha value is -2.44. The zero-order valence-electron chi connectivity index (χ0n) is 13.6. The maximum Gasteiger partial charge on any atom is 0.410 e. The van der Waals surface area contributed by atoms with Crippen LogP contribution in [0.25, 0.3) is 0 Å². The highest BCUT2D eigenvalue weighted by molar-refractivity contribution is 5.69. The number of hydrogen-bond acceptors (Lipinski definition) is 5. The molecule has 1 aliphatic heterocycles. The maximum absolute atomic E-state index is 12.6. The fourth-order valence-electron chi connectivity index (χ4n) is 2.88. The van der Waals surface area contributed by atoms with Crippen LogP contribution in [0.2, 0.25) is 0 Å². The summed E-state index contributed by atoms with van der Waals surface area (Å²) in [7, 11) is 0. The van der Waals surface area contributed by atoms with E-state index in [0.717, 1.165) is 6.42 Å². The third kappa shape index (κ3) is 3.49. The summed E-state index contributed by atoms with van der Waals surface area (Å²) < 4.78 is 5.53. The lowest BCUT2D eigenvalue weighted by Crippen LogP contribution is -2.37. The first-order valence-corrected chi connectivity index (χ1v) is 7.72. The molecule has 0 saturated carbocycles. The smallest absolute Gasteiger partial charge is 0.410 e. The second-order valence-corrected chi connectivity index (χ2v) is 6.76. The minimum atomic E-state index is -0.538. The van der Waals surface area contributed by atoms with Gasteiger partial charge in [0.1, 0.15) is 5.60 Å². The molecular formula is C16H21N5O2. The van der Waals surface area contributed by atoms with Gasteiger partial charge < -0.3 is 4.74 Å². The zero-order chi connectivity index (χ0) is 16.4. The van der Waals surface area contributed by atoms with Crippen molar-refractivity contribution in [3.8, 4) is 0 Å². The second kappa shape index (κ2) is 5.98. The molecule has 2 heterocycles. The predicted molar refractivity (Wildman–Crippen MR) is 83.7 cm³/mol. The van der Waals surface area contributed by atoms with Crippen LogP contribution in [0.3, 0.4) is 0 Å². The van der Waals surface area contributed by atoms with Gasteiger partial charge in [-0.1, -0.05) is 35.5 Å². The van der Waals surface area contributed by atoms with E-state index in [1.165, 1.54) is 5.56 Å². The third-order valence-corrected chi connectivity index (χ3v) is 3.86. The lowest BCUT2D eigenvalue weighted by Gasteiger charge is -2.27.